The van der Waals surface area contributed by atoms with E-state index >= 15 is 0 Å². The summed E-state index contributed by atoms with van der Waals surface area (Å²) in [5.41, 5.74) is 6.45. The van der Waals surface area contributed by atoms with Crippen LogP contribution >= 0.6 is 0 Å². The highest BCUT2D eigenvalue weighted by Crippen LogP contribution is 2.42. The molecule has 14 nitrogen and oxygen atoms in total. The molecule has 1 unspecified atom stereocenters. The minimum atomic E-state index is -1.84. The van der Waals surface area contributed by atoms with Gasteiger partial charge in [-0.25, -0.2) is 14.3 Å². The van der Waals surface area contributed by atoms with Crippen LogP contribution in [0.4, 0.5) is 0 Å². The van der Waals surface area contributed by atoms with Crippen molar-refractivity contribution in [2.75, 3.05) is 26.2 Å². The summed E-state index contributed by atoms with van der Waals surface area (Å²) < 4.78 is 14.8. The first-order chi connectivity index (χ1) is 30.0. The number of ether oxygens (including phenoxy) is 2. The Morgan fingerprint density at radius 1 is 0.903 bits per heavy atom. The molecule has 9 rings (SSSR count). The molecule has 6 heterocycles. The van der Waals surface area contributed by atoms with Gasteiger partial charge >= 0.3 is 17.9 Å². The van der Waals surface area contributed by atoms with Crippen molar-refractivity contribution in [1.29, 1.82) is 0 Å². The van der Waals surface area contributed by atoms with E-state index < -0.39 is 17.5 Å². The Balaban J connectivity index is 0.830. The third kappa shape index (κ3) is 7.11. The second kappa shape index (κ2) is 16.3. The van der Waals surface area contributed by atoms with Crippen molar-refractivity contribution in [2.24, 2.45) is 0 Å². The molecule has 1 atom stereocenters. The number of aryl methyl sites for hydroxylation is 1. The number of esters is 2. The Bertz CT molecular complexity index is 2800. The van der Waals surface area contributed by atoms with Gasteiger partial charge in [0.05, 0.1) is 41.1 Å². The summed E-state index contributed by atoms with van der Waals surface area (Å²) >= 11 is 0. The predicted octanol–water partition coefficient (Wildman–Crippen LogP) is 6.39. The van der Waals surface area contributed by atoms with Crippen molar-refractivity contribution in [3.63, 3.8) is 0 Å². The SMILES string of the molecule is CCc1c2c(nc3ccccc13)-c1cc3c(c(=O)n1C2)COC(=O)C3(CC)OC(=O)CCC(=O)N1CCN(Cc2ccc(-n3c(O)nnc3-c3cccc(C(C)C)c3)cc2)CC1. The van der Waals surface area contributed by atoms with Gasteiger partial charge in [-0.1, -0.05) is 81.3 Å². The lowest BCUT2D eigenvalue weighted by atomic mass is 9.85. The second-order valence-corrected chi connectivity index (χ2v) is 16.6. The second-order valence-electron chi connectivity index (χ2n) is 16.6. The largest absolute Gasteiger partial charge is 0.479 e. The van der Waals surface area contributed by atoms with Crippen LogP contribution in [-0.2, 0) is 55.6 Å². The van der Waals surface area contributed by atoms with Gasteiger partial charge in [0.25, 0.3) is 5.56 Å². The molecule has 0 bridgehead atoms. The summed E-state index contributed by atoms with van der Waals surface area (Å²) in [4.78, 5) is 63.6. The summed E-state index contributed by atoms with van der Waals surface area (Å²) in [6.45, 7) is 11.2. The average molecular weight is 836 g/mol. The van der Waals surface area contributed by atoms with Crippen molar-refractivity contribution in [1.82, 2.24) is 34.1 Å². The topological polar surface area (TPSA) is 162 Å². The van der Waals surface area contributed by atoms with Crippen molar-refractivity contribution >= 4 is 28.7 Å². The maximum absolute atomic E-state index is 14.1. The summed E-state index contributed by atoms with van der Waals surface area (Å²) in [6.07, 6.45) is 0.480. The van der Waals surface area contributed by atoms with Crippen molar-refractivity contribution in [2.45, 2.75) is 84.6 Å². The minimum absolute atomic E-state index is 0.0431. The summed E-state index contributed by atoms with van der Waals surface area (Å²) in [7, 11) is 0. The number of piperazine rings is 1. The molecule has 0 radical (unpaired) electrons. The number of cyclic esters (lactones) is 1. The van der Waals surface area contributed by atoms with E-state index in [1.807, 2.05) is 60.7 Å². The molecule has 62 heavy (non-hydrogen) atoms. The van der Waals surface area contributed by atoms with Gasteiger partial charge in [-0.05, 0) is 65.8 Å². The Labute approximate surface area is 358 Å². The van der Waals surface area contributed by atoms with Crippen LogP contribution < -0.4 is 5.56 Å². The van der Waals surface area contributed by atoms with Crippen LogP contribution in [0.2, 0.25) is 0 Å². The average Bonchev–Trinajstić information content (AvgIpc) is 3.86. The summed E-state index contributed by atoms with van der Waals surface area (Å²) in [5, 5.41) is 19.9. The molecule has 0 aliphatic carbocycles. The molecule has 1 N–H and O–H groups in total. The fraction of sp³-hybridized carbons (Fsp3) is 0.354. The number of para-hydroxylation sites is 1. The number of pyridine rings is 2. The van der Waals surface area contributed by atoms with E-state index in [1.165, 1.54) is 5.56 Å². The van der Waals surface area contributed by atoms with E-state index in [0.29, 0.717) is 68.0 Å². The third-order valence-corrected chi connectivity index (χ3v) is 12.6. The number of carbonyl (C=O) groups is 3. The first kappa shape index (κ1) is 40.7. The van der Waals surface area contributed by atoms with E-state index in [0.717, 1.165) is 45.3 Å². The lowest BCUT2D eigenvalue weighted by Crippen LogP contribution is -2.49. The highest BCUT2D eigenvalue weighted by Gasteiger charge is 2.50. The molecule has 6 aromatic rings. The predicted molar refractivity (Wildman–Crippen MR) is 231 cm³/mol. The van der Waals surface area contributed by atoms with E-state index in [4.69, 9.17) is 14.5 Å². The van der Waals surface area contributed by atoms with Crippen LogP contribution in [0.5, 0.6) is 6.01 Å². The molecule has 0 spiro atoms. The molecule has 1 saturated heterocycles. The molecule has 3 aliphatic rings. The zero-order valence-corrected chi connectivity index (χ0v) is 35.4. The van der Waals surface area contributed by atoms with Crippen molar-refractivity contribution in [3.8, 4) is 34.5 Å². The zero-order valence-electron chi connectivity index (χ0n) is 35.4. The number of aromatic nitrogens is 5. The Morgan fingerprint density at radius 2 is 1.68 bits per heavy atom. The quantitative estimate of drug-likeness (QED) is 0.144. The van der Waals surface area contributed by atoms with Crippen molar-refractivity contribution < 1.29 is 29.0 Å². The van der Waals surface area contributed by atoms with Crippen LogP contribution in [-0.4, -0.2) is 83.2 Å². The van der Waals surface area contributed by atoms with Gasteiger partial charge in [0.15, 0.2) is 5.82 Å². The highest BCUT2D eigenvalue weighted by atomic mass is 16.6. The Kier molecular flexibility index (Phi) is 10.7. The Morgan fingerprint density at radius 3 is 2.42 bits per heavy atom. The van der Waals surface area contributed by atoms with Gasteiger partial charge in [-0.2, -0.15) is 0 Å². The van der Waals surface area contributed by atoms with Crippen LogP contribution in [0.15, 0.2) is 83.7 Å². The number of benzene rings is 3. The van der Waals surface area contributed by atoms with Gasteiger partial charge < -0.3 is 24.0 Å². The first-order valence-electron chi connectivity index (χ1n) is 21.4. The highest BCUT2D eigenvalue weighted by molar-refractivity contribution is 5.90. The zero-order chi connectivity index (χ0) is 43.3. The van der Waals surface area contributed by atoms with Gasteiger partial charge in [0.2, 0.25) is 11.5 Å². The lowest BCUT2D eigenvalue weighted by Gasteiger charge is -2.36. The van der Waals surface area contributed by atoms with E-state index in [9.17, 15) is 24.3 Å². The number of nitrogens with zero attached hydrogens (tertiary/aromatic N) is 7. The van der Waals surface area contributed by atoms with Crippen molar-refractivity contribution in [3.05, 3.63) is 123 Å². The molecule has 3 aromatic heterocycles. The van der Waals surface area contributed by atoms with E-state index in [-0.39, 0.29) is 48.9 Å². The summed E-state index contributed by atoms with van der Waals surface area (Å²) in [5.74, 6) is -0.736. The molecule has 1 fully saturated rings. The number of fused-ring (bicyclic) bond motifs is 5. The smallest absolute Gasteiger partial charge is 0.355 e. The van der Waals surface area contributed by atoms with Crippen LogP contribution in [0.25, 0.3) is 39.4 Å². The molecule has 3 aliphatic heterocycles. The van der Waals surface area contributed by atoms with Gasteiger partial charge in [-0.3, -0.25) is 19.3 Å². The monoisotopic (exact) mass is 835 g/mol. The molecular formula is C48H49N7O7. The van der Waals surface area contributed by atoms with Crippen LogP contribution in [0.1, 0.15) is 86.3 Å². The maximum Gasteiger partial charge on any atom is 0.355 e. The molecular weight excluding hydrogens is 787 g/mol. The molecule has 1 amide bonds. The standard InChI is InChI=1S/C48H49N7O7/c1-5-34-35-12-7-8-13-39(35)49-43-36(34)27-54-40(43)25-38-37(45(54)58)28-61-46(59)48(38,6-2)62-42(57)19-18-41(56)53-22-20-52(21-23-53)26-30-14-16-33(17-15-30)55-44(50-51-47(55)60)32-11-9-10-31(24-32)29(3)4/h7-17,24-25,29H,5-6,18-23,26-28H2,1-4H3,(H,51,60). The molecule has 0 saturated carbocycles. The lowest BCUT2D eigenvalue weighted by molar-refractivity contribution is -0.189. The molecule has 14 heteroatoms. The number of amides is 1. The van der Waals surface area contributed by atoms with Crippen LogP contribution in [0.3, 0.4) is 0 Å². The number of hydrogen-bond acceptors (Lipinski definition) is 11. The van der Waals surface area contributed by atoms with E-state index in [2.05, 4.69) is 48.0 Å². The number of carbonyl (C=O) groups excluding carboxylic acids is 3. The number of aromatic hydroxyl groups is 1. The maximum atomic E-state index is 14.1. The molecule has 318 valence electrons. The Hall–Kier alpha value is -6.67. The van der Waals surface area contributed by atoms with E-state index in [1.54, 1.807) is 27.0 Å². The fourth-order valence-corrected chi connectivity index (χ4v) is 9.19. The van der Waals surface area contributed by atoms with Crippen LogP contribution in [0, 0.1) is 0 Å². The minimum Gasteiger partial charge on any atom is -0.479 e. The molecule has 3 aromatic carbocycles. The van der Waals surface area contributed by atoms with Gasteiger partial charge in [0, 0.05) is 61.2 Å². The fourth-order valence-electron chi connectivity index (χ4n) is 9.19. The third-order valence-electron chi connectivity index (χ3n) is 12.6. The number of hydrogen-bond donors (Lipinski definition) is 1. The first-order valence-corrected chi connectivity index (χ1v) is 21.4. The summed E-state index contributed by atoms with van der Waals surface area (Å²) in [6, 6.07) is 25.5. The van der Waals surface area contributed by atoms with Gasteiger partial charge in [0.1, 0.15) is 6.61 Å². The number of rotatable bonds is 11. The van der Waals surface area contributed by atoms with Gasteiger partial charge in [-0.15, -0.1) is 5.10 Å². The normalized spacial score (nSPS) is 17.2.